The molecular formula is C9H10ClFO3S. The van der Waals surface area contributed by atoms with E-state index in [1.807, 2.05) is 0 Å². The topological polar surface area (TPSA) is 43.4 Å². The van der Waals surface area contributed by atoms with Gasteiger partial charge < -0.3 is 4.74 Å². The first kappa shape index (κ1) is 12.3. The molecular weight excluding hydrogens is 243 g/mol. The van der Waals surface area contributed by atoms with E-state index >= 15 is 0 Å². The van der Waals surface area contributed by atoms with E-state index in [1.165, 1.54) is 13.0 Å². The molecule has 0 aliphatic rings. The number of aryl methyl sites for hydroxylation is 1. The molecule has 1 rings (SSSR count). The van der Waals surface area contributed by atoms with Gasteiger partial charge in [0.2, 0.25) is 0 Å². The highest BCUT2D eigenvalue weighted by Gasteiger charge is 2.19. The second-order valence-corrected chi connectivity index (χ2v) is 5.45. The van der Waals surface area contributed by atoms with Crippen LogP contribution in [-0.4, -0.2) is 15.0 Å². The van der Waals surface area contributed by atoms with Crippen LogP contribution in [0.3, 0.4) is 0 Å². The Balaban J connectivity index is 3.42. The summed E-state index contributed by atoms with van der Waals surface area (Å²) in [6, 6.07) is 2.18. The molecule has 0 N–H and O–H groups in total. The SMILES string of the molecule is CCOc1cc(C)c(F)cc1S(=O)(=O)Cl. The fourth-order valence-corrected chi connectivity index (χ4v) is 2.06. The molecule has 0 amide bonds. The molecule has 0 saturated heterocycles. The van der Waals surface area contributed by atoms with Crippen molar-refractivity contribution in [3.05, 3.63) is 23.5 Å². The first-order valence-electron chi connectivity index (χ1n) is 4.24. The molecule has 84 valence electrons. The highest BCUT2D eigenvalue weighted by molar-refractivity contribution is 8.13. The van der Waals surface area contributed by atoms with Gasteiger partial charge in [-0.15, -0.1) is 0 Å². The lowest BCUT2D eigenvalue weighted by atomic mass is 10.2. The molecule has 0 bridgehead atoms. The van der Waals surface area contributed by atoms with Crippen LogP contribution >= 0.6 is 10.7 Å². The first-order chi connectivity index (χ1) is 6.86. The van der Waals surface area contributed by atoms with Gasteiger partial charge in [-0.3, -0.25) is 0 Å². The molecule has 0 aromatic heterocycles. The molecule has 0 aliphatic carbocycles. The van der Waals surface area contributed by atoms with Gasteiger partial charge in [-0.2, -0.15) is 0 Å². The monoisotopic (exact) mass is 252 g/mol. The Bertz CT molecular complexity index is 470. The van der Waals surface area contributed by atoms with Gasteiger partial charge in [-0.25, -0.2) is 12.8 Å². The Labute approximate surface area is 92.2 Å². The van der Waals surface area contributed by atoms with Crippen molar-refractivity contribution >= 4 is 19.7 Å². The van der Waals surface area contributed by atoms with Crippen molar-refractivity contribution in [2.75, 3.05) is 6.61 Å². The lowest BCUT2D eigenvalue weighted by molar-refractivity contribution is 0.330. The van der Waals surface area contributed by atoms with E-state index in [0.29, 0.717) is 5.56 Å². The Morgan fingerprint density at radius 1 is 1.47 bits per heavy atom. The molecule has 0 radical (unpaired) electrons. The van der Waals surface area contributed by atoms with E-state index in [9.17, 15) is 12.8 Å². The molecule has 3 nitrogen and oxygen atoms in total. The van der Waals surface area contributed by atoms with Gasteiger partial charge in [-0.1, -0.05) is 0 Å². The zero-order chi connectivity index (χ0) is 11.6. The van der Waals surface area contributed by atoms with E-state index in [0.717, 1.165) is 6.07 Å². The van der Waals surface area contributed by atoms with Crippen molar-refractivity contribution in [1.82, 2.24) is 0 Å². The van der Waals surface area contributed by atoms with Crippen LogP contribution in [0.2, 0.25) is 0 Å². The average Bonchev–Trinajstić information content (AvgIpc) is 2.09. The number of benzene rings is 1. The van der Waals surface area contributed by atoms with Crippen LogP contribution < -0.4 is 4.74 Å². The normalized spacial score (nSPS) is 11.5. The molecule has 1 aromatic carbocycles. The quantitative estimate of drug-likeness (QED) is 0.776. The van der Waals surface area contributed by atoms with E-state index in [1.54, 1.807) is 6.92 Å². The lowest BCUT2D eigenvalue weighted by Crippen LogP contribution is -2.01. The maximum absolute atomic E-state index is 13.2. The highest BCUT2D eigenvalue weighted by Crippen LogP contribution is 2.29. The molecule has 0 fully saturated rings. The van der Waals surface area contributed by atoms with Crippen molar-refractivity contribution < 1.29 is 17.5 Å². The third-order valence-corrected chi connectivity index (χ3v) is 3.13. The second kappa shape index (κ2) is 4.37. The van der Waals surface area contributed by atoms with Gasteiger partial charge in [-0.05, 0) is 31.5 Å². The minimum atomic E-state index is -3.99. The summed E-state index contributed by atoms with van der Waals surface area (Å²) in [5, 5.41) is 0. The van der Waals surface area contributed by atoms with E-state index in [2.05, 4.69) is 0 Å². The highest BCUT2D eigenvalue weighted by atomic mass is 35.7. The van der Waals surface area contributed by atoms with Crippen LogP contribution in [0.5, 0.6) is 5.75 Å². The van der Waals surface area contributed by atoms with Crippen LogP contribution in [0.25, 0.3) is 0 Å². The largest absolute Gasteiger partial charge is 0.492 e. The summed E-state index contributed by atoms with van der Waals surface area (Å²) < 4.78 is 40.4. The van der Waals surface area contributed by atoms with Gasteiger partial charge in [0.05, 0.1) is 6.61 Å². The molecule has 0 saturated carbocycles. The zero-order valence-corrected chi connectivity index (χ0v) is 9.82. The zero-order valence-electron chi connectivity index (χ0n) is 8.25. The number of halogens is 2. The van der Waals surface area contributed by atoms with E-state index < -0.39 is 14.9 Å². The molecule has 1 aromatic rings. The van der Waals surface area contributed by atoms with Crippen molar-refractivity contribution in [2.45, 2.75) is 18.7 Å². The Morgan fingerprint density at radius 3 is 2.53 bits per heavy atom. The first-order valence-corrected chi connectivity index (χ1v) is 6.54. The van der Waals surface area contributed by atoms with Crippen LogP contribution in [-0.2, 0) is 9.05 Å². The standard InChI is InChI=1S/C9H10ClFO3S/c1-3-14-8-4-6(2)7(11)5-9(8)15(10,12)13/h4-5H,3H2,1-2H3. The van der Waals surface area contributed by atoms with Crippen LogP contribution in [0.15, 0.2) is 17.0 Å². The average molecular weight is 253 g/mol. The summed E-state index contributed by atoms with van der Waals surface area (Å²) in [7, 11) is 1.16. The van der Waals surface area contributed by atoms with Crippen LogP contribution in [0, 0.1) is 12.7 Å². The molecule has 0 atom stereocenters. The van der Waals surface area contributed by atoms with Crippen LogP contribution in [0.1, 0.15) is 12.5 Å². The molecule has 15 heavy (non-hydrogen) atoms. The summed E-state index contributed by atoms with van der Waals surface area (Å²) in [6.07, 6.45) is 0. The van der Waals surface area contributed by atoms with E-state index in [4.69, 9.17) is 15.4 Å². The van der Waals surface area contributed by atoms with Crippen molar-refractivity contribution in [1.29, 1.82) is 0 Å². The fourth-order valence-electron chi connectivity index (χ4n) is 1.10. The number of hydrogen-bond acceptors (Lipinski definition) is 3. The van der Waals surface area contributed by atoms with Gasteiger partial charge in [0.15, 0.2) is 0 Å². The third kappa shape index (κ3) is 2.82. The van der Waals surface area contributed by atoms with Gasteiger partial charge in [0.25, 0.3) is 9.05 Å². The van der Waals surface area contributed by atoms with Gasteiger partial charge >= 0.3 is 0 Å². The molecule has 0 heterocycles. The minimum Gasteiger partial charge on any atom is -0.492 e. The third-order valence-electron chi connectivity index (χ3n) is 1.79. The summed E-state index contributed by atoms with van der Waals surface area (Å²) in [5.41, 5.74) is 0.308. The van der Waals surface area contributed by atoms with Gasteiger partial charge in [0, 0.05) is 10.7 Å². The Morgan fingerprint density at radius 2 is 2.07 bits per heavy atom. The number of ether oxygens (including phenoxy) is 1. The predicted molar refractivity (Wildman–Crippen MR) is 55.3 cm³/mol. The van der Waals surface area contributed by atoms with Crippen LogP contribution in [0.4, 0.5) is 4.39 Å². The molecule has 0 aliphatic heterocycles. The summed E-state index contributed by atoms with van der Waals surface area (Å²) in [6.45, 7) is 3.50. The maximum atomic E-state index is 13.2. The van der Waals surface area contributed by atoms with Crippen molar-refractivity contribution in [3.8, 4) is 5.75 Å². The fraction of sp³-hybridized carbons (Fsp3) is 0.333. The predicted octanol–water partition coefficient (Wildman–Crippen LogP) is 2.46. The van der Waals surface area contributed by atoms with Gasteiger partial charge in [0.1, 0.15) is 16.5 Å². The maximum Gasteiger partial charge on any atom is 0.265 e. The second-order valence-electron chi connectivity index (χ2n) is 2.92. The minimum absolute atomic E-state index is 0.0754. The summed E-state index contributed by atoms with van der Waals surface area (Å²) in [5.74, 6) is -0.552. The smallest absolute Gasteiger partial charge is 0.265 e. The van der Waals surface area contributed by atoms with E-state index in [-0.39, 0.29) is 17.3 Å². The number of hydrogen-bond donors (Lipinski definition) is 0. The number of rotatable bonds is 3. The Hall–Kier alpha value is -0.810. The Kier molecular flexibility index (Phi) is 3.57. The van der Waals surface area contributed by atoms with Crippen molar-refractivity contribution in [3.63, 3.8) is 0 Å². The molecule has 0 unspecified atom stereocenters. The molecule has 6 heteroatoms. The summed E-state index contributed by atoms with van der Waals surface area (Å²) >= 11 is 0. The molecule has 0 spiro atoms. The summed E-state index contributed by atoms with van der Waals surface area (Å²) in [4.78, 5) is -0.339. The van der Waals surface area contributed by atoms with Crippen molar-refractivity contribution in [2.24, 2.45) is 0 Å². The lowest BCUT2D eigenvalue weighted by Gasteiger charge is -2.09.